The number of halogens is 2. The summed E-state index contributed by atoms with van der Waals surface area (Å²) in [5, 5.41) is 28.7. The van der Waals surface area contributed by atoms with Gasteiger partial charge in [0.15, 0.2) is 6.23 Å². The number of aliphatic hydroxyl groups is 3. The van der Waals surface area contributed by atoms with Gasteiger partial charge in [-0.15, -0.1) is 0 Å². The van der Waals surface area contributed by atoms with Gasteiger partial charge in [0.05, 0.1) is 12.2 Å². The van der Waals surface area contributed by atoms with Gasteiger partial charge in [0.1, 0.15) is 18.3 Å². The van der Waals surface area contributed by atoms with Gasteiger partial charge in [-0.2, -0.15) is 0 Å². The number of aromatic nitrogens is 2. The molecule has 2 rings (SSSR count). The lowest BCUT2D eigenvalue weighted by molar-refractivity contribution is -0.0550. The molecule has 0 amide bonds. The van der Waals surface area contributed by atoms with E-state index in [1.807, 2.05) is 22.6 Å². The van der Waals surface area contributed by atoms with Gasteiger partial charge in [-0.05, 0) is 20.0 Å². The predicted octanol–water partition coefficient (Wildman–Crippen LogP) is -0.724. The Morgan fingerprint density at radius 1 is 1.48 bits per heavy atom. The molecule has 4 N–H and O–H groups in total. The van der Waals surface area contributed by atoms with Crippen molar-refractivity contribution in [2.75, 3.05) is 6.61 Å². The number of hydrogen-bond acceptors (Lipinski definition) is 6. The molecule has 1 aromatic rings. The molecule has 8 nitrogen and oxygen atoms in total. The molecule has 0 aliphatic carbocycles. The number of hydrogen-bond donors (Lipinski definition) is 4. The molecular weight excluding hydrogens is 463 g/mol. The van der Waals surface area contributed by atoms with Crippen LogP contribution in [0.2, 0.25) is 0 Å². The number of nitrogens with one attached hydrogen (secondary N) is 1. The second-order valence-corrected chi connectivity index (χ2v) is 5.87. The number of aliphatic hydroxyl groups excluding tert-OH is 3. The Morgan fingerprint density at radius 3 is 2.67 bits per heavy atom. The highest BCUT2D eigenvalue weighted by Gasteiger charge is 2.43. The molecule has 0 spiro atoms. The molecule has 2 heterocycles. The lowest BCUT2D eigenvalue weighted by Gasteiger charge is -2.17. The van der Waals surface area contributed by atoms with E-state index in [0.29, 0.717) is 4.48 Å². The van der Waals surface area contributed by atoms with Crippen LogP contribution in [0.25, 0.3) is 4.48 Å². The molecule has 1 aromatic heterocycles. The van der Waals surface area contributed by atoms with Crippen molar-refractivity contribution in [2.45, 2.75) is 24.5 Å². The zero-order valence-corrected chi connectivity index (χ0v) is 14.2. The standard InChI is InChI=1S/C11H12BrIN2O6/c12-5(1-13)4-2-15(11(20)14-9(4)19)10-8(18)7(17)6(3-16)21-10/h1-2,6-8,10,16-18H,3H2,(H,14,19,20)/t6-,7-,8-,10-/m1/s1. The SMILES string of the molecule is O=c1[nH]c(=O)n([C@@H]2O[C@H](CO)[C@@H](O)[C@H]2O)cc1C(Br)=CI. The molecule has 0 radical (unpaired) electrons. The molecule has 116 valence electrons. The Kier molecular flexibility index (Phi) is 5.38. The molecular formula is C11H12BrIN2O6. The predicted molar refractivity (Wildman–Crippen MR) is 85.3 cm³/mol. The largest absolute Gasteiger partial charge is 0.394 e. The Labute approximate surface area is 140 Å². The van der Waals surface area contributed by atoms with Gasteiger partial charge in [-0.3, -0.25) is 14.3 Å². The normalized spacial score (nSPS) is 29.9. The molecule has 0 saturated carbocycles. The van der Waals surface area contributed by atoms with E-state index in [1.54, 1.807) is 4.08 Å². The van der Waals surface area contributed by atoms with Gasteiger partial charge in [0.25, 0.3) is 5.56 Å². The number of H-pyrrole nitrogens is 1. The third-order valence-corrected chi connectivity index (χ3v) is 5.25. The summed E-state index contributed by atoms with van der Waals surface area (Å²) in [4.78, 5) is 25.7. The fourth-order valence-electron chi connectivity index (χ4n) is 2.01. The van der Waals surface area contributed by atoms with Crippen LogP contribution in [0.4, 0.5) is 0 Å². The van der Waals surface area contributed by atoms with Crippen molar-refractivity contribution in [1.82, 2.24) is 9.55 Å². The molecule has 21 heavy (non-hydrogen) atoms. The summed E-state index contributed by atoms with van der Waals surface area (Å²) in [5.41, 5.74) is -1.21. The monoisotopic (exact) mass is 474 g/mol. The van der Waals surface area contributed by atoms with Gasteiger partial charge in [0, 0.05) is 10.7 Å². The average Bonchev–Trinajstić information content (AvgIpc) is 2.74. The molecule has 10 heteroatoms. The summed E-state index contributed by atoms with van der Waals surface area (Å²) in [6.45, 7) is -0.503. The van der Waals surface area contributed by atoms with Crippen molar-refractivity contribution < 1.29 is 20.1 Å². The first-order valence-electron chi connectivity index (χ1n) is 5.85. The first-order chi connectivity index (χ1) is 9.90. The molecule has 4 atom stereocenters. The highest BCUT2D eigenvalue weighted by atomic mass is 127. The van der Waals surface area contributed by atoms with Crippen LogP contribution >= 0.6 is 38.5 Å². The Balaban J connectivity index is 2.50. The molecule has 0 bridgehead atoms. The van der Waals surface area contributed by atoms with E-state index in [2.05, 4.69) is 20.9 Å². The van der Waals surface area contributed by atoms with Crippen LogP contribution in [0.1, 0.15) is 11.8 Å². The number of ether oxygens (including phenoxy) is 1. The summed E-state index contributed by atoms with van der Waals surface area (Å²) in [7, 11) is 0. The Morgan fingerprint density at radius 2 is 2.14 bits per heavy atom. The van der Waals surface area contributed by atoms with Crippen LogP contribution in [0, 0.1) is 0 Å². The summed E-state index contributed by atoms with van der Waals surface area (Å²) in [6.07, 6.45) is -3.71. The summed E-state index contributed by atoms with van der Waals surface area (Å²) < 4.78 is 8.28. The number of rotatable bonds is 3. The van der Waals surface area contributed by atoms with Gasteiger partial charge >= 0.3 is 5.69 Å². The van der Waals surface area contributed by atoms with Crippen molar-refractivity contribution in [3.8, 4) is 0 Å². The maximum absolute atomic E-state index is 11.9. The molecule has 0 unspecified atom stereocenters. The first-order valence-corrected chi connectivity index (χ1v) is 7.88. The second-order valence-electron chi connectivity index (χ2n) is 4.40. The van der Waals surface area contributed by atoms with Crippen LogP contribution in [0.5, 0.6) is 0 Å². The topological polar surface area (TPSA) is 125 Å². The van der Waals surface area contributed by atoms with Gasteiger partial charge in [-0.1, -0.05) is 22.6 Å². The second kappa shape index (κ2) is 6.71. The van der Waals surface area contributed by atoms with Crippen molar-refractivity contribution in [3.05, 3.63) is 36.7 Å². The van der Waals surface area contributed by atoms with Crippen LogP contribution in [0.3, 0.4) is 0 Å². The summed E-state index contributed by atoms with van der Waals surface area (Å²) in [5.74, 6) is 0. The lowest BCUT2D eigenvalue weighted by atomic mass is 10.1. The average molecular weight is 475 g/mol. The van der Waals surface area contributed by atoms with Crippen LogP contribution in [-0.2, 0) is 4.74 Å². The van der Waals surface area contributed by atoms with Crippen LogP contribution in [0.15, 0.2) is 19.9 Å². The van der Waals surface area contributed by atoms with Crippen molar-refractivity contribution >= 4 is 43.0 Å². The third-order valence-electron chi connectivity index (χ3n) is 3.11. The minimum Gasteiger partial charge on any atom is -0.394 e. The smallest absolute Gasteiger partial charge is 0.330 e. The molecule has 1 aliphatic heterocycles. The fourth-order valence-corrected chi connectivity index (χ4v) is 2.63. The maximum Gasteiger partial charge on any atom is 0.330 e. The van der Waals surface area contributed by atoms with Crippen LogP contribution < -0.4 is 11.2 Å². The number of aromatic amines is 1. The highest BCUT2D eigenvalue weighted by molar-refractivity contribution is 14.1. The van der Waals surface area contributed by atoms with Gasteiger partial charge < -0.3 is 20.1 Å². The van der Waals surface area contributed by atoms with E-state index >= 15 is 0 Å². The van der Waals surface area contributed by atoms with E-state index in [0.717, 1.165) is 4.57 Å². The Hall–Kier alpha value is -0.530. The minimum absolute atomic E-state index is 0.168. The van der Waals surface area contributed by atoms with E-state index in [9.17, 15) is 19.8 Å². The van der Waals surface area contributed by atoms with Crippen molar-refractivity contribution in [1.29, 1.82) is 0 Å². The zero-order chi connectivity index (χ0) is 15.7. The Bertz CT molecular complexity index is 671. The molecule has 1 fully saturated rings. The van der Waals surface area contributed by atoms with Gasteiger partial charge in [0.2, 0.25) is 0 Å². The van der Waals surface area contributed by atoms with Crippen LogP contribution in [-0.4, -0.2) is 49.8 Å². The molecule has 1 aliphatic rings. The van der Waals surface area contributed by atoms with E-state index in [4.69, 9.17) is 9.84 Å². The molecule has 1 saturated heterocycles. The van der Waals surface area contributed by atoms with E-state index < -0.39 is 42.4 Å². The summed E-state index contributed by atoms with van der Waals surface area (Å²) in [6, 6.07) is 0. The van der Waals surface area contributed by atoms with Crippen molar-refractivity contribution in [2.24, 2.45) is 0 Å². The molecule has 0 aromatic carbocycles. The first kappa shape index (κ1) is 16.8. The summed E-state index contributed by atoms with van der Waals surface area (Å²) >= 11 is 5.10. The van der Waals surface area contributed by atoms with Crippen molar-refractivity contribution in [3.63, 3.8) is 0 Å². The quantitative estimate of drug-likeness (QED) is 0.428. The maximum atomic E-state index is 11.9. The van der Waals surface area contributed by atoms with E-state index in [-0.39, 0.29) is 5.56 Å². The van der Waals surface area contributed by atoms with E-state index in [1.165, 1.54) is 6.20 Å². The third kappa shape index (κ3) is 3.14. The van der Waals surface area contributed by atoms with Gasteiger partial charge in [-0.25, -0.2) is 4.79 Å². The number of nitrogens with zero attached hydrogens (tertiary/aromatic N) is 1. The zero-order valence-electron chi connectivity index (χ0n) is 10.4. The lowest BCUT2D eigenvalue weighted by Crippen LogP contribution is -2.38. The highest BCUT2D eigenvalue weighted by Crippen LogP contribution is 2.28. The minimum atomic E-state index is -1.40. The fraction of sp³-hybridized carbons (Fsp3) is 0.455.